The number of nitrogens with one attached hydrogen (secondary N) is 1. The lowest BCUT2D eigenvalue weighted by atomic mass is 9.96. The van der Waals surface area contributed by atoms with Crippen molar-refractivity contribution in [3.63, 3.8) is 0 Å². The summed E-state index contributed by atoms with van der Waals surface area (Å²) in [6, 6.07) is 9.97. The van der Waals surface area contributed by atoms with Gasteiger partial charge in [0.1, 0.15) is 0 Å². The molecular weight excluding hydrogens is 230 g/mol. The van der Waals surface area contributed by atoms with Crippen LogP contribution >= 0.6 is 0 Å². The monoisotopic (exact) mass is 257 g/mol. The first kappa shape index (κ1) is 13.2. The molecule has 104 valence electrons. The first-order valence-electron chi connectivity index (χ1n) is 8.15. The van der Waals surface area contributed by atoms with Gasteiger partial charge in [-0.3, -0.25) is 0 Å². The van der Waals surface area contributed by atoms with Crippen molar-refractivity contribution in [2.45, 2.75) is 70.4 Å². The molecule has 0 aromatic heterocycles. The molecule has 2 atom stereocenters. The zero-order valence-electron chi connectivity index (χ0n) is 12.2. The summed E-state index contributed by atoms with van der Waals surface area (Å²) in [7, 11) is 0. The normalized spacial score (nSPS) is 28.1. The first-order chi connectivity index (χ1) is 9.33. The van der Waals surface area contributed by atoms with Crippen molar-refractivity contribution in [3.8, 4) is 0 Å². The minimum Gasteiger partial charge on any atom is -0.310 e. The second-order valence-corrected chi connectivity index (χ2v) is 6.62. The molecule has 2 unspecified atom stereocenters. The van der Waals surface area contributed by atoms with Gasteiger partial charge in [-0.1, -0.05) is 50.5 Å². The van der Waals surface area contributed by atoms with Crippen LogP contribution in [0.1, 0.15) is 68.9 Å². The molecule has 0 spiro atoms. The lowest BCUT2D eigenvalue weighted by Gasteiger charge is -2.23. The van der Waals surface area contributed by atoms with Gasteiger partial charge >= 0.3 is 0 Å². The predicted octanol–water partition coefficient (Wildman–Crippen LogP) is 4.62. The van der Waals surface area contributed by atoms with Crippen molar-refractivity contribution in [2.24, 2.45) is 5.92 Å². The van der Waals surface area contributed by atoms with Gasteiger partial charge in [0.05, 0.1) is 0 Å². The smallest absolute Gasteiger partial charge is 0.0208 e. The zero-order valence-corrected chi connectivity index (χ0v) is 12.2. The number of rotatable bonds is 4. The minimum absolute atomic E-state index is 0.729. The number of hydrogen-bond donors (Lipinski definition) is 1. The summed E-state index contributed by atoms with van der Waals surface area (Å²) in [5.74, 6) is 1.71. The second kappa shape index (κ2) is 6.09. The highest BCUT2D eigenvalue weighted by atomic mass is 14.9. The molecule has 0 bridgehead atoms. The van der Waals surface area contributed by atoms with Crippen molar-refractivity contribution in [3.05, 3.63) is 35.4 Å². The Morgan fingerprint density at radius 3 is 2.74 bits per heavy atom. The number of benzene rings is 1. The lowest BCUT2D eigenvalue weighted by molar-refractivity contribution is 0.356. The van der Waals surface area contributed by atoms with Gasteiger partial charge in [0, 0.05) is 12.6 Å². The molecule has 1 nitrogen and oxygen atoms in total. The molecular formula is C18H27N. The molecule has 0 radical (unpaired) electrons. The Bertz CT molecular complexity index is 408. The van der Waals surface area contributed by atoms with Gasteiger partial charge in [-0.05, 0) is 48.6 Å². The van der Waals surface area contributed by atoms with Crippen LogP contribution in [0.25, 0.3) is 0 Å². The summed E-state index contributed by atoms with van der Waals surface area (Å²) < 4.78 is 0. The summed E-state index contributed by atoms with van der Waals surface area (Å²) >= 11 is 0. The SMILES string of the molecule is CC1CCCCCC1NCc1cccc(C2CC2)c1. The quantitative estimate of drug-likeness (QED) is 0.776. The van der Waals surface area contributed by atoms with Crippen molar-refractivity contribution in [2.75, 3.05) is 0 Å². The van der Waals surface area contributed by atoms with Gasteiger partial charge in [0.2, 0.25) is 0 Å². The van der Waals surface area contributed by atoms with Crippen LogP contribution < -0.4 is 5.32 Å². The zero-order chi connectivity index (χ0) is 13.1. The highest BCUT2D eigenvalue weighted by Crippen LogP contribution is 2.40. The Hall–Kier alpha value is -0.820. The van der Waals surface area contributed by atoms with Crippen LogP contribution in [0.15, 0.2) is 24.3 Å². The Labute approximate surface area is 117 Å². The van der Waals surface area contributed by atoms with Crippen LogP contribution in [-0.2, 0) is 6.54 Å². The summed E-state index contributed by atoms with van der Waals surface area (Å²) in [6.45, 7) is 3.47. The summed E-state index contributed by atoms with van der Waals surface area (Å²) in [6.07, 6.45) is 9.83. The van der Waals surface area contributed by atoms with E-state index in [-0.39, 0.29) is 0 Å². The molecule has 2 saturated carbocycles. The summed E-state index contributed by atoms with van der Waals surface area (Å²) in [4.78, 5) is 0. The van der Waals surface area contributed by atoms with E-state index >= 15 is 0 Å². The summed E-state index contributed by atoms with van der Waals surface area (Å²) in [5.41, 5.74) is 3.04. The predicted molar refractivity (Wildman–Crippen MR) is 81.3 cm³/mol. The van der Waals surface area contributed by atoms with Gasteiger partial charge < -0.3 is 5.32 Å². The molecule has 3 rings (SSSR count). The Morgan fingerprint density at radius 2 is 1.89 bits per heavy atom. The van der Waals surface area contributed by atoms with Gasteiger partial charge in [0.25, 0.3) is 0 Å². The van der Waals surface area contributed by atoms with E-state index in [2.05, 4.69) is 36.5 Å². The van der Waals surface area contributed by atoms with Gasteiger partial charge in [-0.2, -0.15) is 0 Å². The molecule has 1 heteroatoms. The van der Waals surface area contributed by atoms with Crippen LogP contribution in [0.2, 0.25) is 0 Å². The van der Waals surface area contributed by atoms with Crippen molar-refractivity contribution in [1.82, 2.24) is 5.32 Å². The fourth-order valence-corrected chi connectivity index (χ4v) is 3.42. The van der Waals surface area contributed by atoms with Crippen molar-refractivity contribution in [1.29, 1.82) is 0 Å². The number of hydrogen-bond acceptors (Lipinski definition) is 1. The fraction of sp³-hybridized carbons (Fsp3) is 0.667. The third-order valence-corrected chi connectivity index (χ3v) is 4.93. The molecule has 2 aliphatic carbocycles. The maximum Gasteiger partial charge on any atom is 0.0208 e. The van der Waals surface area contributed by atoms with Crippen LogP contribution in [0.4, 0.5) is 0 Å². The summed E-state index contributed by atoms with van der Waals surface area (Å²) in [5, 5.41) is 3.81. The van der Waals surface area contributed by atoms with E-state index in [0.717, 1.165) is 24.4 Å². The molecule has 2 fully saturated rings. The van der Waals surface area contributed by atoms with E-state index < -0.39 is 0 Å². The average Bonchev–Trinajstić information content (AvgIpc) is 3.25. The topological polar surface area (TPSA) is 12.0 Å². The van der Waals surface area contributed by atoms with Crippen molar-refractivity contribution >= 4 is 0 Å². The highest BCUT2D eigenvalue weighted by molar-refractivity contribution is 5.29. The largest absolute Gasteiger partial charge is 0.310 e. The first-order valence-corrected chi connectivity index (χ1v) is 8.15. The Balaban J connectivity index is 1.57. The van der Waals surface area contributed by atoms with Crippen LogP contribution in [0.5, 0.6) is 0 Å². The Kier molecular flexibility index (Phi) is 4.22. The third-order valence-electron chi connectivity index (χ3n) is 4.93. The van der Waals surface area contributed by atoms with Gasteiger partial charge in [-0.25, -0.2) is 0 Å². The molecule has 0 saturated heterocycles. The molecule has 0 heterocycles. The van der Waals surface area contributed by atoms with Crippen LogP contribution in [-0.4, -0.2) is 6.04 Å². The molecule has 1 N–H and O–H groups in total. The molecule has 19 heavy (non-hydrogen) atoms. The Morgan fingerprint density at radius 1 is 1.05 bits per heavy atom. The van der Waals surface area contributed by atoms with E-state index in [1.165, 1.54) is 50.5 Å². The maximum absolute atomic E-state index is 3.81. The van der Waals surface area contributed by atoms with E-state index in [0.29, 0.717) is 0 Å². The molecule has 2 aliphatic rings. The molecule has 0 aliphatic heterocycles. The molecule has 1 aromatic rings. The van der Waals surface area contributed by atoms with Gasteiger partial charge in [-0.15, -0.1) is 0 Å². The third kappa shape index (κ3) is 3.60. The maximum atomic E-state index is 3.81. The molecule has 1 aromatic carbocycles. The van der Waals surface area contributed by atoms with E-state index in [1.54, 1.807) is 5.56 Å². The van der Waals surface area contributed by atoms with Crippen molar-refractivity contribution < 1.29 is 0 Å². The van der Waals surface area contributed by atoms with E-state index in [1.807, 2.05) is 0 Å². The van der Waals surface area contributed by atoms with Crippen LogP contribution in [0.3, 0.4) is 0 Å². The minimum atomic E-state index is 0.729. The average molecular weight is 257 g/mol. The van der Waals surface area contributed by atoms with E-state index in [9.17, 15) is 0 Å². The fourth-order valence-electron chi connectivity index (χ4n) is 3.42. The molecule has 0 amide bonds. The van der Waals surface area contributed by atoms with Crippen LogP contribution in [0, 0.1) is 5.92 Å². The standard InChI is InChI=1S/C18H27N/c1-14-6-3-2-4-9-18(14)19-13-15-7-5-8-17(12-15)16-10-11-16/h5,7-8,12,14,16,18-19H,2-4,6,9-11,13H2,1H3. The van der Waals surface area contributed by atoms with Gasteiger partial charge in [0.15, 0.2) is 0 Å². The lowest BCUT2D eigenvalue weighted by Crippen LogP contribution is -2.33. The van der Waals surface area contributed by atoms with E-state index in [4.69, 9.17) is 0 Å². The second-order valence-electron chi connectivity index (χ2n) is 6.62. The highest BCUT2D eigenvalue weighted by Gasteiger charge is 2.23.